The molecule has 2 saturated heterocycles. The Bertz CT molecular complexity index is 3320. The smallest absolute Gasteiger partial charge is 0.248 e. The van der Waals surface area contributed by atoms with Crippen LogP contribution < -0.4 is 31.1 Å². The van der Waals surface area contributed by atoms with Gasteiger partial charge in [0.05, 0.1) is 45.0 Å². The van der Waals surface area contributed by atoms with Crippen molar-refractivity contribution < 1.29 is 14.0 Å². The van der Waals surface area contributed by atoms with E-state index in [4.69, 9.17) is 33.2 Å². The van der Waals surface area contributed by atoms with Gasteiger partial charge in [-0.2, -0.15) is 0 Å². The maximum atomic E-state index is 15.2. The van der Waals surface area contributed by atoms with E-state index < -0.39 is 11.7 Å². The summed E-state index contributed by atoms with van der Waals surface area (Å²) < 4.78 is 15.2. The normalized spacial score (nSPS) is 16.2. The number of hydrogen-bond acceptors (Lipinski definition) is 10. The number of piperidine rings is 2. The zero-order chi connectivity index (χ0) is 48.3. The lowest BCUT2D eigenvalue weighted by molar-refractivity contribution is -0.112. The molecule has 6 heterocycles. The first-order chi connectivity index (χ1) is 34.1. The van der Waals surface area contributed by atoms with Crippen LogP contribution in [0.1, 0.15) is 36.8 Å². The molecule has 4 aromatic heterocycles. The van der Waals surface area contributed by atoms with Crippen LogP contribution >= 0.6 is 23.2 Å². The van der Waals surface area contributed by atoms with Crippen molar-refractivity contribution in [2.75, 3.05) is 57.2 Å². The molecule has 0 aliphatic carbocycles. The Balaban J connectivity index is 0.770. The number of amides is 2. The molecule has 17 heteroatoms. The summed E-state index contributed by atoms with van der Waals surface area (Å²) in [5.41, 5.74) is 9.14. The fourth-order valence-electron chi connectivity index (χ4n) is 9.40. The lowest BCUT2D eigenvalue weighted by Crippen LogP contribution is -2.42. The molecule has 4 aromatic carbocycles. The summed E-state index contributed by atoms with van der Waals surface area (Å²) in [6, 6.07) is 24.7. The Hall–Kier alpha value is -7.75. The molecule has 0 spiro atoms. The van der Waals surface area contributed by atoms with E-state index in [0.717, 1.165) is 100 Å². The van der Waals surface area contributed by atoms with E-state index in [2.05, 4.69) is 64.8 Å². The third kappa shape index (κ3) is 9.89. The average Bonchev–Trinajstić information content (AvgIpc) is 4.01. The van der Waals surface area contributed by atoms with Gasteiger partial charge in [0.1, 0.15) is 5.82 Å². The van der Waals surface area contributed by atoms with E-state index in [1.165, 1.54) is 12.1 Å². The molecule has 0 bridgehead atoms. The average molecular weight is 976 g/mol. The fourth-order valence-corrected chi connectivity index (χ4v) is 9.78. The third-order valence-electron chi connectivity index (χ3n) is 12.8. The SMILES string of the molecule is C=CC(=O)Nc1ccc(N2CCC[C@@H](Nc3ncc(Cl)c(-c4c[nH]c5c(/C=C/C(=O)Nc6ccc(N7CCC[C@@H](Nc8ncc(Cl)c(-c9c[nH]c%10ccccc9%10)n8)C7)cc6C)cccc45)n3)C2)c(F)c1. The molecule has 2 aliphatic heterocycles. The maximum absolute atomic E-state index is 15.2. The molecule has 2 fully saturated rings. The van der Waals surface area contributed by atoms with Crippen molar-refractivity contribution in [3.8, 4) is 22.5 Å². The second-order valence-electron chi connectivity index (χ2n) is 17.5. The lowest BCUT2D eigenvalue weighted by atomic mass is 10.0. The van der Waals surface area contributed by atoms with E-state index in [1.54, 1.807) is 30.6 Å². The molecular formula is C53H49Cl2FN12O2. The first-order valence-electron chi connectivity index (χ1n) is 23.1. The van der Waals surface area contributed by atoms with Crippen molar-refractivity contribution in [3.63, 3.8) is 0 Å². The molecule has 0 saturated carbocycles. The van der Waals surface area contributed by atoms with Crippen molar-refractivity contribution in [1.82, 2.24) is 29.9 Å². The van der Waals surface area contributed by atoms with Crippen molar-refractivity contribution in [2.24, 2.45) is 0 Å². The first kappa shape index (κ1) is 46.0. The van der Waals surface area contributed by atoms with Crippen LogP contribution in [0.2, 0.25) is 10.0 Å². The van der Waals surface area contributed by atoms with Crippen LogP contribution in [0.5, 0.6) is 0 Å². The molecule has 14 nitrogen and oxygen atoms in total. The minimum atomic E-state index is -0.427. The summed E-state index contributed by atoms with van der Waals surface area (Å²) in [5.74, 6) is -0.157. The van der Waals surface area contributed by atoms with Crippen LogP contribution in [0.25, 0.3) is 50.4 Å². The van der Waals surface area contributed by atoms with Crippen molar-refractivity contribution in [2.45, 2.75) is 44.7 Å². The second kappa shape index (κ2) is 20.1. The fraction of sp³-hybridized carbons (Fsp3) is 0.208. The number of aryl methyl sites for hydroxylation is 1. The number of benzene rings is 4. The van der Waals surface area contributed by atoms with Gasteiger partial charge in [0, 0.05) is 101 Å². The molecule has 10 rings (SSSR count). The highest BCUT2D eigenvalue weighted by Crippen LogP contribution is 2.36. The van der Waals surface area contributed by atoms with Gasteiger partial charge >= 0.3 is 0 Å². The Kier molecular flexibility index (Phi) is 13.2. The van der Waals surface area contributed by atoms with Gasteiger partial charge in [0.15, 0.2) is 0 Å². The molecule has 70 heavy (non-hydrogen) atoms. The number of halogens is 3. The molecule has 0 unspecified atom stereocenters. The molecule has 2 amide bonds. The summed E-state index contributed by atoms with van der Waals surface area (Å²) in [5, 5.41) is 15.4. The molecule has 6 N–H and O–H groups in total. The van der Waals surface area contributed by atoms with Gasteiger partial charge in [0.25, 0.3) is 0 Å². The van der Waals surface area contributed by atoms with E-state index in [9.17, 15) is 9.59 Å². The number of fused-ring (bicyclic) bond motifs is 2. The summed E-state index contributed by atoms with van der Waals surface area (Å²) in [4.78, 5) is 54.8. The van der Waals surface area contributed by atoms with Crippen LogP contribution in [0.4, 0.5) is 39.0 Å². The van der Waals surface area contributed by atoms with Crippen LogP contribution in [0, 0.1) is 12.7 Å². The van der Waals surface area contributed by atoms with E-state index in [0.29, 0.717) is 57.8 Å². The highest BCUT2D eigenvalue weighted by atomic mass is 35.5. The number of carbonyl (C=O) groups is 2. The van der Waals surface area contributed by atoms with Gasteiger partial charge in [-0.15, -0.1) is 0 Å². The molecule has 2 aliphatic rings. The van der Waals surface area contributed by atoms with Gasteiger partial charge < -0.3 is 41.0 Å². The zero-order valence-corrected chi connectivity index (χ0v) is 39.7. The number of nitrogens with zero attached hydrogens (tertiary/aromatic N) is 6. The molecule has 8 aromatic rings. The summed E-state index contributed by atoms with van der Waals surface area (Å²) >= 11 is 13.3. The minimum absolute atomic E-state index is 0.0651. The minimum Gasteiger partial charge on any atom is -0.369 e. The van der Waals surface area contributed by atoms with Gasteiger partial charge in [-0.1, -0.05) is 66.2 Å². The van der Waals surface area contributed by atoms with Gasteiger partial charge in [-0.3, -0.25) is 9.59 Å². The number of nitrogens with one attached hydrogen (secondary N) is 6. The number of hydrogen-bond donors (Lipinski definition) is 6. The summed E-state index contributed by atoms with van der Waals surface area (Å²) in [7, 11) is 0. The Morgan fingerprint density at radius 3 is 2.16 bits per heavy atom. The topological polar surface area (TPSA) is 172 Å². The number of para-hydroxylation sites is 2. The molecular weight excluding hydrogens is 927 g/mol. The van der Waals surface area contributed by atoms with Gasteiger partial charge in [-0.05, 0) is 98.4 Å². The van der Waals surface area contributed by atoms with E-state index in [-0.39, 0.29) is 18.0 Å². The van der Waals surface area contributed by atoms with Crippen LogP contribution in [-0.2, 0) is 9.59 Å². The standard InChI is InChI=1S/C53H49Cl2FN12O2/c1-3-47(69)61-33-16-19-46(43(56)24-33)68-22-8-11-35(30-68)63-53-60-28-42(55)51(66-53)40-26-58-49-32(9-6-13-38(40)49)15-20-48(70)64-44-18-17-36(23-31(44)2)67-21-7-10-34(29-67)62-52-59-27-41(54)50(65-52)39-25-57-45-14-5-4-12-37(39)45/h3-6,9,12-20,23-28,34-35,57-58H,1,7-8,10-11,21-22,29-30H2,2H3,(H,61,69)(H,64,70)(H,59,62,65)(H,60,63,66)/b20-15+/t34-,35-/m1/s1. The summed E-state index contributed by atoms with van der Waals surface area (Å²) in [6.07, 6.45) is 15.1. The van der Waals surface area contributed by atoms with Crippen molar-refractivity contribution in [1.29, 1.82) is 0 Å². The van der Waals surface area contributed by atoms with Crippen molar-refractivity contribution in [3.05, 3.63) is 149 Å². The Morgan fingerprint density at radius 2 is 1.44 bits per heavy atom. The van der Waals surface area contributed by atoms with Gasteiger partial charge in [-0.25, -0.2) is 24.3 Å². The number of anilines is 6. The predicted molar refractivity (Wildman–Crippen MR) is 280 cm³/mol. The third-order valence-corrected chi connectivity index (χ3v) is 13.4. The molecule has 0 radical (unpaired) electrons. The molecule has 354 valence electrons. The lowest BCUT2D eigenvalue weighted by Gasteiger charge is -2.35. The monoisotopic (exact) mass is 974 g/mol. The number of rotatable bonds is 13. The number of aromatic amines is 2. The zero-order valence-electron chi connectivity index (χ0n) is 38.2. The van der Waals surface area contributed by atoms with E-state index in [1.807, 2.05) is 72.7 Å². The predicted octanol–water partition coefficient (Wildman–Crippen LogP) is 11.3. The highest BCUT2D eigenvalue weighted by Gasteiger charge is 2.25. The second-order valence-corrected chi connectivity index (χ2v) is 18.4. The first-order valence-corrected chi connectivity index (χ1v) is 23.9. The van der Waals surface area contributed by atoms with Gasteiger partial charge in [0.2, 0.25) is 23.7 Å². The van der Waals surface area contributed by atoms with Crippen LogP contribution in [-0.4, -0.2) is 80.0 Å². The van der Waals surface area contributed by atoms with E-state index >= 15 is 4.39 Å². The quantitative estimate of drug-likeness (QED) is 0.0611. The van der Waals surface area contributed by atoms with Crippen molar-refractivity contribution >= 4 is 97.5 Å². The Morgan fingerprint density at radius 1 is 0.771 bits per heavy atom. The summed E-state index contributed by atoms with van der Waals surface area (Å²) in [6.45, 7) is 8.31. The Labute approximate surface area is 413 Å². The number of H-pyrrole nitrogens is 2. The van der Waals surface area contributed by atoms with Crippen LogP contribution in [0.3, 0.4) is 0 Å². The highest BCUT2D eigenvalue weighted by molar-refractivity contribution is 6.33. The largest absolute Gasteiger partial charge is 0.369 e. The number of carbonyl (C=O) groups excluding carboxylic acids is 2. The maximum Gasteiger partial charge on any atom is 0.248 e. The van der Waals surface area contributed by atoms with Crippen LogP contribution in [0.15, 0.2) is 122 Å². The number of aromatic nitrogens is 6. The molecule has 2 atom stereocenters.